The van der Waals surface area contributed by atoms with Gasteiger partial charge in [0.05, 0.1) is 6.07 Å². The van der Waals surface area contributed by atoms with Crippen LogP contribution in [0.15, 0.2) is 0 Å². The fourth-order valence-corrected chi connectivity index (χ4v) is 3.57. The van der Waals surface area contributed by atoms with Gasteiger partial charge < -0.3 is 0 Å². The highest BCUT2D eigenvalue weighted by Gasteiger charge is 2.31. The Morgan fingerprint density at radius 2 is 1.53 bits per heavy atom. The zero-order chi connectivity index (χ0) is 13.6. The summed E-state index contributed by atoms with van der Waals surface area (Å²) in [5.41, 5.74) is 0. The maximum Gasteiger partial charge on any atom is 0.230 e. The average molecular weight is 260 g/mol. The number of hydrogen-bond acceptors (Lipinski definition) is 3. The molecular formula is C12H24N2O2S. The van der Waals surface area contributed by atoms with Crippen molar-refractivity contribution in [3.63, 3.8) is 0 Å². The molecule has 0 aromatic carbocycles. The van der Waals surface area contributed by atoms with Crippen molar-refractivity contribution in [3.8, 4) is 6.07 Å². The quantitative estimate of drug-likeness (QED) is 0.705. The first-order valence-electron chi connectivity index (χ1n) is 6.14. The van der Waals surface area contributed by atoms with Crippen LogP contribution in [-0.2, 0) is 10.0 Å². The third-order valence-corrected chi connectivity index (χ3v) is 4.55. The van der Waals surface area contributed by atoms with Crippen molar-refractivity contribution in [1.29, 1.82) is 5.26 Å². The van der Waals surface area contributed by atoms with Crippen molar-refractivity contribution in [1.82, 2.24) is 4.31 Å². The van der Waals surface area contributed by atoms with E-state index in [2.05, 4.69) is 0 Å². The lowest BCUT2D eigenvalue weighted by molar-refractivity contribution is 0.331. The van der Waals surface area contributed by atoms with E-state index in [-0.39, 0.29) is 11.8 Å². The average Bonchev–Trinajstić information content (AvgIpc) is 2.16. The van der Waals surface area contributed by atoms with E-state index in [1.54, 1.807) is 6.92 Å². The largest absolute Gasteiger partial charge is 0.230 e. The second-order valence-corrected chi connectivity index (χ2v) is 7.29. The second kappa shape index (κ2) is 6.97. The van der Waals surface area contributed by atoms with E-state index < -0.39 is 15.3 Å². The summed E-state index contributed by atoms with van der Waals surface area (Å²) >= 11 is 0. The Morgan fingerprint density at radius 3 is 1.76 bits per heavy atom. The van der Waals surface area contributed by atoms with E-state index in [0.717, 1.165) is 0 Å². The van der Waals surface area contributed by atoms with Crippen molar-refractivity contribution >= 4 is 10.0 Å². The summed E-state index contributed by atoms with van der Waals surface area (Å²) in [5.74, 6) is 0.527. The van der Waals surface area contributed by atoms with Gasteiger partial charge in [-0.05, 0) is 18.3 Å². The van der Waals surface area contributed by atoms with Crippen LogP contribution in [0.25, 0.3) is 0 Å². The molecule has 100 valence electrons. The SMILES string of the molecule is CCC(C#N)S(=O)(=O)N(CC(C)C)CC(C)C. The molecule has 0 heterocycles. The van der Waals surface area contributed by atoms with Crippen LogP contribution in [0.3, 0.4) is 0 Å². The van der Waals surface area contributed by atoms with Gasteiger partial charge in [-0.25, -0.2) is 12.7 Å². The first kappa shape index (κ1) is 16.4. The van der Waals surface area contributed by atoms with Gasteiger partial charge in [0, 0.05) is 13.1 Å². The third-order valence-electron chi connectivity index (χ3n) is 2.37. The van der Waals surface area contributed by atoms with Crippen molar-refractivity contribution in [2.45, 2.75) is 46.3 Å². The summed E-state index contributed by atoms with van der Waals surface area (Å²) in [5, 5.41) is 8.01. The van der Waals surface area contributed by atoms with Gasteiger partial charge in [0.25, 0.3) is 0 Å². The Hall–Kier alpha value is -0.600. The molecule has 0 saturated carbocycles. The highest BCUT2D eigenvalue weighted by atomic mass is 32.2. The Bertz CT molecular complexity index is 345. The van der Waals surface area contributed by atoms with Crippen LogP contribution in [0.1, 0.15) is 41.0 Å². The fraction of sp³-hybridized carbons (Fsp3) is 0.917. The number of hydrogen-bond donors (Lipinski definition) is 0. The molecule has 0 radical (unpaired) electrons. The molecule has 17 heavy (non-hydrogen) atoms. The summed E-state index contributed by atoms with van der Waals surface area (Å²) < 4.78 is 26.0. The molecule has 1 unspecified atom stereocenters. The Kier molecular flexibility index (Phi) is 6.73. The molecule has 0 bridgehead atoms. The molecule has 0 aliphatic heterocycles. The molecule has 0 aromatic rings. The lowest BCUT2D eigenvalue weighted by atomic mass is 10.2. The number of rotatable bonds is 7. The van der Waals surface area contributed by atoms with E-state index >= 15 is 0 Å². The predicted octanol–water partition coefficient (Wildman–Crippen LogP) is 2.23. The van der Waals surface area contributed by atoms with Crippen LogP contribution in [0, 0.1) is 23.2 Å². The topological polar surface area (TPSA) is 61.2 Å². The van der Waals surface area contributed by atoms with E-state index in [4.69, 9.17) is 5.26 Å². The molecule has 0 fully saturated rings. The van der Waals surface area contributed by atoms with Gasteiger partial charge in [-0.3, -0.25) is 0 Å². The third kappa shape index (κ3) is 5.05. The van der Waals surface area contributed by atoms with Crippen LogP contribution in [0.4, 0.5) is 0 Å². The summed E-state index contributed by atoms with van der Waals surface area (Å²) in [6, 6.07) is 1.89. The zero-order valence-electron chi connectivity index (χ0n) is 11.5. The monoisotopic (exact) mass is 260 g/mol. The maximum atomic E-state index is 12.3. The first-order valence-corrected chi connectivity index (χ1v) is 7.64. The smallest absolute Gasteiger partial charge is 0.211 e. The van der Waals surface area contributed by atoms with E-state index in [0.29, 0.717) is 19.5 Å². The Balaban J connectivity index is 5.08. The van der Waals surface area contributed by atoms with Crippen molar-refractivity contribution in [2.24, 2.45) is 11.8 Å². The Labute approximate surface area is 106 Å². The van der Waals surface area contributed by atoms with Crippen LogP contribution in [-0.4, -0.2) is 31.1 Å². The molecule has 1 atom stereocenters. The molecule has 5 heteroatoms. The van der Waals surface area contributed by atoms with Gasteiger partial charge in [0.15, 0.2) is 5.25 Å². The normalized spacial score (nSPS) is 14.3. The van der Waals surface area contributed by atoms with Gasteiger partial charge in [0.1, 0.15) is 0 Å². The molecule has 0 aliphatic rings. The highest BCUT2D eigenvalue weighted by molar-refractivity contribution is 7.90. The number of nitriles is 1. The summed E-state index contributed by atoms with van der Waals surface area (Å²) in [7, 11) is -3.48. The molecule has 0 saturated heterocycles. The molecule has 4 nitrogen and oxygen atoms in total. The van der Waals surface area contributed by atoms with E-state index in [9.17, 15) is 8.42 Å². The first-order chi connectivity index (χ1) is 7.75. The summed E-state index contributed by atoms with van der Waals surface area (Å²) in [6.45, 7) is 10.6. The minimum atomic E-state index is -3.48. The molecule has 0 amide bonds. The minimum Gasteiger partial charge on any atom is -0.211 e. The molecule has 0 aliphatic carbocycles. The van der Waals surface area contributed by atoms with Crippen molar-refractivity contribution in [2.75, 3.05) is 13.1 Å². The van der Waals surface area contributed by atoms with E-state index in [1.807, 2.05) is 33.8 Å². The second-order valence-electron chi connectivity index (χ2n) is 5.18. The van der Waals surface area contributed by atoms with E-state index in [1.165, 1.54) is 4.31 Å². The minimum absolute atomic E-state index is 0.264. The molecular weight excluding hydrogens is 236 g/mol. The predicted molar refractivity (Wildman–Crippen MR) is 69.9 cm³/mol. The van der Waals surface area contributed by atoms with Crippen LogP contribution in [0.5, 0.6) is 0 Å². The van der Waals surface area contributed by atoms with Crippen LogP contribution < -0.4 is 0 Å². The van der Waals surface area contributed by atoms with Gasteiger partial charge in [-0.2, -0.15) is 5.26 Å². The molecule has 0 aromatic heterocycles. The number of nitrogens with zero attached hydrogens (tertiary/aromatic N) is 2. The van der Waals surface area contributed by atoms with Crippen LogP contribution >= 0.6 is 0 Å². The van der Waals surface area contributed by atoms with Crippen LogP contribution in [0.2, 0.25) is 0 Å². The van der Waals surface area contributed by atoms with Crippen molar-refractivity contribution in [3.05, 3.63) is 0 Å². The zero-order valence-corrected chi connectivity index (χ0v) is 12.3. The van der Waals surface area contributed by atoms with Gasteiger partial charge in [-0.15, -0.1) is 0 Å². The maximum absolute atomic E-state index is 12.3. The summed E-state index contributed by atoms with van der Waals surface area (Å²) in [4.78, 5) is 0. The lowest BCUT2D eigenvalue weighted by Crippen LogP contribution is -2.42. The Morgan fingerprint density at radius 1 is 1.12 bits per heavy atom. The summed E-state index contributed by atoms with van der Waals surface area (Å²) in [6.07, 6.45) is 0.339. The molecule has 0 rings (SSSR count). The lowest BCUT2D eigenvalue weighted by Gasteiger charge is -2.27. The van der Waals surface area contributed by atoms with Gasteiger partial charge in [-0.1, -0.05) is 34.6 Å². The number of sulfonamides is 1. The molecule has 0 spiro atoms. The fourth-order valence-electron chi connectivity index (χ4n) is 1.65. The standard InChI is InChI=1S/C12H24N2O2S/c1-6-12(7-13)17(15,16)14(8-10(2)3)9-11(4)5/h10-12H,6,8-9H2,1-5H3. The molecule has 0 N–H and O–H groups in total. The highest BCUT2D eigenvalue weighted by Crippen LogP contribution is 2.16. The van der Waals surface area contributed by atoms with Gasteiger partial charge >= 0.3 is 0 Å². The van der Waals surface area contributed by atoms with Crippen molar-refractivity contribution < 1.29 is 8.42 Å². The van der Waals surface area contributed by atoms with Gasteiger partial charge in [0.2, 0.25) is 10.0 Å².